The van der Waals surface area contributed by atoms with E-state index in [1.54, 1.807) is 20.8 Å². The van der Waals surface area contributed by atoms with E-state index < -0.39 is 48.0 Å². The van der Waals surface area contributed by atoms with Crippen LogP contribution in [0.5, 0.6) is 0 Å². The highest BCUT2D eigenvalue weighted by Gasteiger charge is 2.27. The quantitative estimate of drug-likeness (QED) is 0.0337. The maximum atomic E-state index is 12.3. The Kier molecular flexibility index (Phi) is 24.0. The molecule has 0 saturated carbocycles. The average molecular weight is 1010 g/mol. The number of hydrogen-bond donors (Lipinski definition) is 0. The van der Waals surface area contributed by atoms with Crippen LogP contribution in [0.25, 0.3) is 6.08 Å². The summed E-state index contributed by atoms with van der Waals surface area (Å²) >= 11 is 7.32. The normalized spacial score (nSPS) is 9.88. The van der Waals surface area contributed by atoms with E-state index in [-0.39, 0.29) is 63.7 Å². The zero-order chi connectivity index (χ0) is 45.1. The van der Waals surface area contributed by atoms with E-state index in [2.05, 4.69) is 64.9 Å². The molecule has 0 bridgehead atoms. The molecule has 5 rings (SSSR count). The molecule has 0 fully saturated rings. The number of aromatic nitrogens is 5. The molecule has 330 valence electrons. The highest BCUT2D eigenvalue weighted by molar-refractivity contribution is 14.1. The summed E-state index contributed by atoms with van der Waals surface area (Å²) in [5.41, 5.74) is 0.0327. The Morgan fingerprint density at radius 1 is 0.617 bits per heavy atom. The summed E-state index contributed by atoms with van der Waals surface area (Å²) in [4.78, 5) is 54.1. The van der Waals surface area contributed by atoms with Crippen LogP contribution < -0.4 is 0 Å². The molecule has 5 aromatic rings. The third kappa shape index (κ3) is 14.6. The molecule has 5 heterocycles. The van der Waals surface area contributed by atoms with Gasteiger partial charge >= 0.3 is 23.9 Å². The van der Waals surface area contributed by atoms with E-state index in [1.165, 1.54) is 41.3 Å². The fourth-order valence-corrected chi connectivity index (χ4v) is 4.50. The van der Waals surface area contributed by atoms with Gasteiger partial charge in [-0.15, -0.1) is 24.0 Å². The Morgan fingerprint density at radius 3 is 1.35 bits per heavy atom. The molecule has 0 aliphatic heterocycles. The van der Waals surface area contributed by atoms with Gasteiger partial charge in [-0.3, -0.25) is 4.79 Å². The number of aldehydes is 1. The van der Waals surface area contributed by atoms with Crippen LogP contribution >= 0.6 is 46.6 Å². The Labute approximate surface area is 361 Å². The monoisotopic (exact) mass is 1010 g/mol. The number of carbonyl (C=O) groups excluding carboxylic acids is 5. The molecular formula is C34H36Cl2F4IN5O14. The summed E-state index contributed by atoms with van der Waals surface area (Å²) in [6.45, 7) is 11.3. The number of methoxy groups -OCH3 is 4. The van der Waals surface area contributed by atoms with Gasteiger partial charge in [-0.25, -0.2) is 36.7 Å². The number of aryl methyl sites for hydroxylation is 5. The van der Waals surface area contributed by atoms with Gasteiger partial charge < -0.3 is 41.6 Å². The van der Waals surface area contributed by atoms with Gasteiger partial charge in [0.25, 0.3) is 12.9 Å². The number of halogens is 7. The molecule has 60 heavy (non-hydrogen) atoms. The lowest BCUT2D eigenvalue weighted by atomic mass is 10.2. The van der Waals surface area contributed by atoms with Crippen molar-refractivity contribution in [3.05, 3.63) is 89.7 Å². The molecule has 0 aliphatic rings. The van der Waals surface area contributed by atoms with Crippen LogP contribution in [-0.4, -0.2) is 84.4 Å². The average Bonchev–Trinajstić information content (AvgIpc) is 4.05. The standard InChI is InChI=1S/C8H9NO3.C7H7F2NO3.C7H7NO4.C6H6ClF2NO.C6H6INO3.ClH/c1-4-6-5(2)12-9-7(6)8(10)11-3;1-3-4(6(8)9)5(10-13-3)7(11)12-2;1-4-5(3-9)6(8-12-4)7(10)11-2;1-3-5(6(8)9)4(2-7)10-11-3;1-3-4(7)5(8-11-3)6(9)10-2;/h4H,1H2,2-3H3;6H,1-2H3;3H,1-2H3;6H,2H2,1H3;1-2H3;1H. The van der Waals surface area contributed by atoms with Crippen molar-refractivity contribution < 1.29 is 83.1 Å². The molecule has 5 aromatic heterocycles. The summed E-state index contributed by atoms with van der Waals surface area (Å²) < 4.78 is 90.3. The van der Waals surface area contributed by atoms with Crippen LogP contribution in [0.2, 0.25) is 0 Å². The maximum Gasteiger partial charge on any atom is 0.361 e. The van der Waals surface area contributed by atoms with Crippen molar-refractivity contribution in [1.29, 1.82) is 0 Å². The van der Waals surface area contributed by atoms with Crippen molar-refractivity contribution in [1.82, 2.24) is 25.8 Å². The fourth-order valence-electron chi connectivity index (χ4n) is 3.89. The molecule has 0 atom stereocenters. The zero-order valence-electron chi connectivity index (χ0n) is 32.9. The summed E-state index contributed by atoms with van der Waals surface area (Å²) in [5.74, 6) is -1.06. The first-order chi connectivity index (χ1) is 27.8. The van der Waals surface area contributed by atoms with E-state index in [9.17, 15) is 41.5 Å². The van der Waals surface area contributed by atoms with Crippen molar-refractivity contribution in [3.8, 4) is 0 Å². The Hall–Kier alpha value is -5.63. The molecule has 0 saturated heterocycles. The predicted molar refractivity (Wildman–Crippen MR) is 206 cm³/mol. The largest absolute Gasteiger partial charge is 0.464 e. The van der Waals surface area contributed by atoms with E-state index in [0.717, 1.165) is 7.11 Å². The van der Waals surface area contributed by atoms with Gasteiger partial charge in [0, 0.05) is 0 Å². The molecule has 0 aliphatic carbocycles. The second kappa shape index (κ2) is 26.5. The van der Waals surface area contributed by atoms with Gasteiger partial charge in [0.1, 0.15) is 34.5 Å². The zero-order valence-corrected chi connectivity index (χ0v) is 36.6. The van der Waals surface area contributed by atoms with Crippen LogP contribution in [0.4, 0.5) is 17.6 Å². The second-order valence-corrected chi connectivity index (χ2v) is 11.9. The molecule has 19 nitrogen and oxygen atoms in total. The topological polar surface area (TPSA) is 252 Å². The molecule has 0 amide bonds. The molecule has 0 unspecified atom stereocenters. The van der Waals surface area contributed by atoms with Crippen molar-refractivity contribution in [2.45, 2.75) is 53.3 Å². The van der Waals surface area contributed by atoms with Crippen molar-refractivity contribution in [2.24, 2.45) is 0 Å². The SMILES string of the molecule is C=Cc1c(C(=O)OC)noc1C.COC(=O)c1noc(C)c1C(F)F.COC(=O)c1noc(C)c1C=O.COC(=O)c1noc(C)c1I.Cc1onc(CCl)c1C(F)F.Cl. The smallest absolute Gasteiger partial charge is 0.361 e. The highest BCUT2D eigenvalue weighted by Crippen LogP contribution is 2.27. The first kappa shape index (κ1) is 54.4. The Balaban J connectivity index is 0.000000723. The predicted octanol–water partition coefficient (Wildman–Crippen LogP) is 8.16. The van der Waals surface area contributed by atoms with E-state index in [0.29, 0.717) is 32.7 Å². The van der Waals surface area contributed by atoms with Gasteiger partial charge in [0.15, 0.2) is 12.0 Å². The minimum atomic E-state index is -2.79. The molecule has 0 aromatic carbocycles. The van der Waals surface area contributed by atoms with Crippen molar-refractivity contribution >= 4 is 82.8 Å². The van der Waals surface area contributed by atoms with E-state index in [1.807, 2.05) is 22.6 Å². The lowest BCUT2D eigenvalue weighted by Gasteiger charge is -1.97. The van der Waals surface area contributed by atoms with Crippen LogP contribution in [0.15, 0.2) is 29.2 Å². The molecule has 0 spiro atoms. The number of hydrogen-bond acceptors (Lipinski definition) is 19. The lowest BCUT2D eigenvalue weighted by molar-refractivity contribution is 0.0573. The van der Waals surface area contributed by atoms with Gasteiger partial charge in [0.05, 0.1) is 60.1 Å². The van der Waals surface area contributed by atoms with Crippen molar-refractivity contribution in [3.63, 3.8) is 0 Å². The third-order valence-electron chi connectivity index (χ3n) is 6.90. The Bertz CT molecular complexity index is 2140. The van der Waals surface area contributed by atoms with Crippen LogP contribution in [0.3, 0.4) is 0 Å². The number of nitrogens with zero attached hydrogens (tertiary/aromatic N) is 5. The maximum absolute atomic E-state index is 12.3. The molecule has 0 N–H and O–H groups in total. The van der Waals surface area contributed by atoms with Crippen LogP contribution in [0.1, 0.15) is 116 Å². The second-order valence-electron chi connectivity index (χ2n) is 10.5. The molecule has 26 heteroatoms. The van der Waals surface area contributed by atoms with Crippen LogP contribution in [-0.2, 0) is 24.8 Å². The third-order valence-corrected chi connectivity index (χ3v) is 8.42. The minimum absolute atomic E-state index is 0. The first-order valence-corrected chi connectivity index (χ1v) is 17.4. The van der Waals surface area contributed by atoms with E-state index in [4.69, 9.17) is 20.6 Å². The number of alkyl halides is 5. The first-order valence-electron chi connectivity index (χ1n) is 15.8. The Morgan fingerprint density at radius 2 is 0.967 bits per heavy atom. The minimum Gasteiger partial charge on any atom is -0.464 e. The molecular weight excluding hydrogens is 976 g/mol. The van der Waals surface area contributed by atoms with Gasteiger partial charge in [0.2, 0.25) is 17.1 Å². The van der Waals surface area contributed by atoms with Gasteiger partial charge in [-0.1, -0.05) is 38.4 Å². The number of esters is 4. The van der Waals surface area contributed by atoms with E-state index >= 15 is 0 Å². The van der Waals surface area contributed by atoms with Gasteiger partial charge in [-0.2, -0.15) is 0 Å². The fraction of sp³-hybridized carbons (Fsp3) is 0.353. The number of carbonyl (C=O) groups is 5. The lowest BCUT2D eigenvalue weighted by Crippen LogP contribution is -2.05. The van der Waals surface area contributed by atoms with Crippen LogP contribution in [0, 0.1) is 38.2 Å². The molecule has 0 radical (unpaired) electrons. The summed E-state index contributed by atoms with van der Waals surface area (Å²) in [7, 11) is 4.89. The van der Waals surface area contributed by atoms with Gasteiger partial charge in [-0.05, 0) is 57.2 Å². The number of ether oxygens (including phenoxy) is 4. The number of rotatable bonds is 9. The summed E-state index contributed by atoms with van der Waals surface area (Å²) in [5, 5.41) is 17.0. The van der Waals surface area contributed by atoms with Crippen molar-refractivity contribution in [2.75, 3.05) is 28.4 Å². The summed E-state index contributed by atoms with van der Waals surface area (Å²) in [6, 6.07) is 0. The highest BCUT2D eigenvalue weighted by atomic mass is 127. The summed E-state index contributed by atoms with van der Waals surface area (Å²) in [6.07, 6.45) is -3.33.